The summed E-state index contributed by atoms with van der Waals surface area (Å²) in [5, 5.41) is 13.6. The molecule has 2 aliphatic rings. The first kappa shape index (κ1) is 31.7. The Balaban J connectivity index is 2.58. The minimum Gasteiger partial charge on any atom is -0.439 e. The summed E-state index contributed by atoms with van der Waals surface area (Å²) in [7, 11) is 2.90. The molecule has 0 aromatic carbocycles. The molecule has 0 fully saturated rings. The van der Waals surface area contributed by atoms with E-state index in [9.17, 15) is 24.3 Å². The van der Waals surface area contributed by atoms with Gasteiger partial charge in [-0.25, -0.2) is 4.79 Å². The zero-order valence-electron chi connectivity index (χ0n) is 23.2. The molecule has 2 rings (SSSR count). The van der Waals surface area contributed by atoms with E-state index in [0.29, 0.717) is 12.0 Å². The highest BCUT2D eigenvalue weighted by molar-refractivity contribution is 6.23. The Labute approximate surface area is 228 Å². The highest BCUT2D eigenvalue weighted by Gasteiger charge is 2.32. The van der Waals surface area contributed by atoms with Gasteiger partial charge in [0.2, 0.25) is 11.6 Å². The van der Waals surface area contributed by atoms with Crippen LogP contribution in [0.2, 0.25) is 0 Å². The molecule has 39 heavy (non-hydrogen) atoms. The van der Waals surface area contributed by atoms with Gasteiger partial charge in [0.05, 0.1) is 23.6 Å². The second-order valence-corrected chi connectivity index (χ2v) is 9.97. The number of amides is 2. The molecule has 0 saturated heterocycles. The quantitative estimate of drug-likeness (QED) is 0.303. The molecule has 0 unspecified atom stereocenters. The normalized spacial score (nSPS) is 33.3. The summed E-state index contributed by atoms with van der Waals surface area (Å²) < 4.78 is 16.4. The standard InChI is InChI=1S/C28H39N3O8/c1-14-10-18-23(29)20(32)13-19(25(18)34)31-27(35)15(2)8-7-9-21(37-5)26(39-28(30)36)17(4)12-16(3)24(33)22(11-14)38-6/h7-9,12-14,16,21-22,24,26,33H,10-11,29H2,1-6H3,(H2,30,36)(H,31,35)/b9-7+,15-8-,17-12-/t14-,16+,21+,22-,24+,26-/m0/s1. The van der Waals surface area contributed by atoms with Crippen LogP contribution in [0.5, 0.6) is 0 Å². The third-order valence-electron chi connectivity index (χ3n) is 6.84. The average molecular weight is 546 g/mol. The second-order valence-electron chi connectivity index (χ2n) is 9.97. The van der Waals surface area contributed by atoms with Crippen molar-refractivity contribution in [3.63, 3.8) is 0 Å². The lowest BCUT2D eigenvalue weighted by atomic mass is 9.85. The molecule has 0 radical (unpaired) electrons. The molecule has 0 aromatic rings. The summed E-state index contributed by atoms with van der Waals surface area (Å²) in [6, 6.07) is 0. The lowest BCUT2D eigenvalue weighted by Gasteiger charge is -2.29. The predicted molar refractivity (Wildman–Crippen MR) is 144 cm³/mol. The molecule has 0 aromatic heterocycles. The number of Topliss-reactive ketones (excluding diaryl/α,β-unsaturated/α-hetero) is 1. The van der Waals surface area contributed by atoms with E-state index in [1.165, 1.54) is 33.3 Å². The lowest BCUT2D eigenvalue weighted by molar-refractivity contribution is -0.120. The Morgan fingerprint density at radius 3 is 2.38 bits per heavy atom. The average Bonchev–Trinajstić information content (AvgIpc) is 2.88. The summed E-state index contributed by atoms with van der Waals surface area (Å²) in [6.45, 7) is 6.89. The molecule has 1 aliphatic heterocycles. The van der Waals surface area contributed by atoms with Crippen molar-refractivity contribution < 1.29 is 38.5 Å². The Morgan fingerprint density at radius 2 is 1.79 bits per heavy atom. The van der Waals surface area contributed by atoms with Crippen molar-refractivity contribution in [3.8, 4) is 0 Å². The lowest BCUT2D eigenvalue weighted by Crippen LogP contribution is -2.37. The first-order chi connectivity index (χ1) is 18.3. The molecule has 6 atom stereocenters. The number of nitrogens with two attached hydrogens (primary N) is 2. The van der Waals surface area contributed by atoms with E-state index in [1.807, 2.05) is 6.92 Å². The molecule has 214 valence electrons. The van der Waals surface area contributed by atoms with Gasteiger partial charge in [0.15, 0.2) is 6.10 Å². The van der Waals surface area contributed by atoms with Crippen LogP contribution >= 0.6 is 0 Å². The topological polar surface area (TPSA) is 180 Å². The van der Waals surface area contributed by atoms with E-state index >= 15 is 0 Å². The minimum atomic E-state index is -1.00. The molecular weight excluding hydrogens is 506 g/mol. The Kier molecular flexibility index (Phi) is 11.4. The molecular formula is C28H39N3O8. The van der Waals surface area contributed by atoms with Gasteiger partial charge in [-0.15, -0.1) is 0 Å². The number of aliphatic hydroxyl groups is 1. The van der Waals surface area contributed by atoms with Crippen LogP contribution in [0.4, 0.5) is 4.79 Å². The number of primary amides is 1. The number of ether oxygens (including phenoxy) is 3. The number of nitrogens with one attached hydrogen (secondary N) is 1. The van der Waals surface area contributed by atoms with Crippen molar-refractivity contribution in [1.29, 1.82) is 0 Å². The van der Waals surface area contributed by atoms with Crippen LogP contribution in [-0.2, 0) is 28.6 Å². The van der Waals surface area contributed by atoms with E-state index in [1.54, 1.807) is 26.0 Å². The summed E-state index contributed by atoms with van der Waals surface area (Å²) in [6.07, 6.45) is 3.55. The molecule has 0 spiro atoms. The van der Waals surface area contributed by atoms with E-state index in [-0.39, 0.29) is 34.9 Å². The van der Waals surface area contributed by atoms with Gasteiger partial charge in [0.1, 0.15) is 6.10 Å². The Hall–Kier alpha value is -3.54. The number of methoxy groups -OCH3 is 2. The molecule has 1 aliphatic carbocycles. The fourth-order valence-corrected chi connectivity index (χ4v) is 4.61. The van der Waals surface area contributed by atoms with Gasteiger partial charge < -0.3 is 36.1 Å². The van der Waals surface area contributed by atoms with Crippen molar-refractivity contribution in [2.75, 3.05) is 14.2 Å². The number of hydrogen-bond acceptors (Lipinski definition) is 9. The SMILES string of the molecule is CO[C@H]1C[C@@H](C)CC2=C(N)C(=O)C=C(NC(=O)/C(C)=C\C=C\[C@@H](OC)[C@@H](OC(N)=O)/C(C)=C\[C@@H](C)[C@H]1O)C2=O. The number of hydrogen-bond donors (Lipinski definition) is 4. The fourth-order valence-electron chi connectivity index (χ4n) is 4.61. The number of carbonyl (C=O) groups excluding carboxylic acids is 4. The maximum atomic E-state index is 13.2. The van der Waals surface area contributed by atoms with Gasteiger partial charge >= 0.3 is 6.09 Å². The van der Waals surface area contributed by atoms with Crippen molar-refractivity contribution in [2.45, 2.75) is 65.0 Å². The highest BCUT2D eigenvalue weighted by Crippen LogP contribution is 2.28. The number of allylic oxidation sites excluding steroid dienone is 4. The number of fused-ring (bicyclic) bond motifs is 2. The van der Waals surface area contributed by atoms with Gasteiger partial charge in [0, 0.05) is 37.4 Å². The maximum Gasteiger partial charge on any atom is 0.405 e. The zero-order valence-corrected chi connectivity index (χ0v) is 23.2. The van der Waals surface area contributed by atoms with Gasteiger partial charge in [-0.3, -0.25) is 14.4 Å². The van der Waals surface area contributed by atoms with E-state index in [0.717, 1.165) is 6.08 Å². The predicted octanol–water partition coefficient (Wildman–Crippen LogP) is 1.72. The smallest absolute Gasteiger partial charge is 0.405 e. The molecule has 1 heterocycles. The van der Waals surface area contributed by atoms with Crippen LogP contribution in [0.3, 0.4) is 0 Å². The monoisotopic (exact) mass is 545 g/mol. The van der Waals surface area contributed by atoms with Gasteiger partial charge in [0.25, 0.3) is 5.91 Å². The van der Waals surface area contributed by atoms with E-state index in [4.69, 9.17) is 25.7 Å². The summed E-state index contributed by atoms with van der Waals surface area (Å²) in [5.41, 5.74) is 11.9. The number of rotatable bonds is 3. The summed E-state index contributed by atoms with van der Waals surface area (Å²) in [4.78, 5) is 50.1. The van der Waals surface area contributed by atoms with Gasteiger partial charge in [-0.2, -0.15) is 0 Å². The maximum absolute atomic E-state index is 13.2. The van der Waals surface area contributed by atoms with Crippen LogP contribution in [0, 0.1) is 11.8 Å². The third kappa shape index (κ3) is 8.22. The number of ketones is 2. The zero-order chi connectivity index (χ0) is 29.4. The Bertz CT molecular complexity index is 1130. The van der Waals surface area contributed by atoms with Crippen molar-refractivity contribution in [2.24, 2.45) is 23.3 Å². The largest absolute Gasteiger partial charge is 0.439 e. The first-order valence-corrected chi connectivity index (χ1v) is 12.6. The molecule has 11 nitrogen and oxygen atoms in total. The van der Waals surface area contributed by atoms with Crippen LogP contribution in [0.15, 0.2) is 58.5 Å². The van der Waals surface area contributed by atoms with Gasteiger partial charge in [-0.05, 0) is 38.2 Å². The van der Waals surface area contributed by atoms with Crippen LogP contribution < -0.4 is 16.8 Å². The van der Waals surface area contributed by atoms with E-state index < -0.39 is 53.9 Å². The fraction of sp³-hybridized carbons (Fsp3) is 0.500. The second kappa shape index (κ2) is 14.0. The molecule has 2 bridgehead atoms. The molecule has 6 N–H and O–H groups in total. The van der Waals surface area contributed by atoms with Crippen molar-refractivity contribution >= 4 is 23.6 Å². The van der Waals surface area contributed by atoms with Crippen LogP contribution in [0.25, 0.3) is 0 Å². The third-order valence-corrected chi connectivity index (χ3v) is 6.84. The van der Waals surface area contributed by atoms with Crippen LogP contribution in [-0.4, -0.2) is 67.3 Å². The molecule has 2 amide bonds. The number of carbonyl (C=O) groups is 4. The number of aliphatic hydroxyl groups excluding tert-OH is 1. The first-order valence-electron chi connectivity index (χ1n) is 12.6. The van der Waals surface area contributed by atoms with Crippen molar-refractivity contribution in [1.82, 2.24) is 5.32 Å². The van der Waals surface area contributed by atoms with Crippen LogP contribution in [0.1, 0.15) is 40.5 Å². The highest BCUT2D eigenvalue weighted by atomic mass is 16.6. The summed E-state index contributed by atoms with van der Waals surface area (Å²) >= 11 is 0. The van der Waals surface area contributed by atoms with Gasteiger partial charge in [-0.1, -0.05) is 38.2 Å². The minimum absolute atomic E-state index is 0.104. The van der Waals surface area contributed by atoms with Crippen molar-refractivity contribution in [3.05, 3.63) is 58.5 Å². The van der Waals surface area contributed by atoms with E-state index in [2.05, 4.69) is 5.32 Å². The molecule has 0 saturated carbocycles. The molecule has 11 heteroatoms. The summed E-state index contributed by atoms with van der Waals surface area (Å²) in [5.74, 6) is -2.37. The Morgan fingerprint density at radius 1 is 1.13 bits per heavy atom.